The first kappa shape index (κ1) is 29.7. The van der Waals surface area contributed by atoms with Gasteiger partial charge in [-0.15, -0.1) is 0 Å². The molecule has 13 nitrogen and oxygen atoms in total. The topological polar surface area (TPSA) is 178 Å². The Labute approximate surface area is 217 Å². The van der Waals surface area contributed by atoms with Gasteiger partial charge in [0.25, 0.3) is 5.56 Å². The highest BCUT2D eigenvalue weighted by molar-refractivity contribution is 7.52. The van der Waals surface area contributed by atoms with Crippen molar-refractivity contribution in [1.29, 1.82) is 0 Å². The van der Waals surface area contributed by atoms with Gasteiger partial charge in [-0.3, -0.25) is 23.7 Å². The summed E-state index contributed by atoms with van der Waals surface area (Å²) in [7, 11) is -4.42. The van der Waals surface area contributed by atoms with Gasteiger partial charge in [0.2, 0.25) is 0 Å². The molecule has 1 unspecified atom stereocenters. The molecule has 7 atom stereocenters. The fourth-order valence-corrected chi connectivity index (χ4v) is 5.50. The monoisotopic (exact) mass is 559 g/mol. The molecule has 2 aromatic rings. The number of rotatable bonds is 11. The highest BCUT2D eigenvalue weighted by Gasteiger charge is 2.59. The van der Waals surface area contributed by atoms with E-state index in [0.29, 0.717) is 4.57 Å². The van der Waals surface area contributed by atoms with Crippen LogP contribution >= 0.6 is 7.75 Å². The summed E-state index contributed by atoms with van der Waals surface area (Å²) in [5, 5.41) is 24.2. The van der Waals surface area contributed by atoms with Crippen LogP contribution in [0.2, 0.25) is 0 Å². The Bertz CT molecular complexity index is 1270. The minimum Gasteiger partial charge on any atom is -0.462 e. The van der Waals surface area contributed by atoms with E-state index < -0.39 is 73.9 Å². The zero-order valence-corrected chi connectivity index (χ0v) is 22.0. The van der Waals surface area contributed by atoms with Gasteiger partial charge in [0.05, 0.1) is 12.2 Å². The van der Waals surface area contributed by atoms with Crippen molar-refractivity contribution in [3.63, 3.8) is 0 Å². The lowest BCUT2D eigenvalue weighted by Crippen LogP contribution is -2.51. The van der Waals surface area contributed by atoms with Crippen LogP contribution < -0.4 is 20.9 Å². The number of nitrogens with one attached hydrogen (secondary N) is 2. The largest absolute Gasteiger partial charge is 0.462 e. The minimum atomic E-state index is -4.42. The molecule has 210 valence electrons. The SMILES string of the molecule is CC(C)OC(=O)[C@H](C)N[P@@](=O)(Oc1ccccc1)O[C@H](C)[C@H]1O[C@@H](n2ccc(=O)[nH]c2=O)[C@@](O)(CF)C1O. The van der Waals surface area contributed by atoms with E-state index in [1.54, 1.807) is 32.0 Å². The number of hydrogen-bond donors (Lipinski definition) is 4. The lowest BCUT2D eigenvalue weighted by molar-refractivity contribution is -0.149. The number of esters is 1. The molecule has 0 radical (unpaired) electrons. The number of para-hydroxylation sites is 1. The number of alkyl halides is 1. The van der Waals surface area contributed by atoms with Crippen LogP contribution in [0.15, 0.2) is 52.2 Å². The number of ether oxygens (including phenoxy) is 2. The van der Waals surface area contributed by atoms with Gasteiger partial charge in [-0.2, -0.15) is 5.09 Å². The molecule has 1 aliphatic rings. The quantitative estimate of drug-likeness (QED) is 0.228. The Morgan fingerprint density at radius 1 is 1.24 bits per heavy atom. The molecule has 3 rings (SSSR count). The van der Waals surface area contributed by atoms with Crippen LogP contribution in [0.3, 0.4) is 0 Å². The van der Waals surface area contributed by atoms with Crippen LogP contribution in [0, 0.1) is 0 Å². The summed E-state index contributed by atoms with van der Waals surface area (Å²) >= 11 is 0. The highest BCUT2D eigenvalue weighted by Crippen LogP contribution is 2.49. The molecule has 38 heavy (non-hydrogen) atoms. The lowest BCUT2D eigenvalue weighted by atomic mass is 9.93. The molecule has 0 bridgehead atoms. The van der Waals surface area contributed by atoms with Crippen molar-refractivity contribution in [3.05, 3.63) is 63.4 Å². The first-order chi connectivity index (χ1) is 17.8. The average molecular weight is 559 g/mol. The van der Waals surface area contributed by atoms with Crippen molar-refractivity contribution in [2.75, 3.05) is 6.67 Å². The Kier molecular flexibility index (Phi) is 9.29. The molecule has 1 fully saturated rings. The summed E-state index contributed by atoms with van der Waals surface area (Å²) < 4.78 is 50.5. The van der Waals surface area contributed by atoms with Crippen LogP contribution in [0.25, 0.3) is 0 Å². The second-order valence-corrected chi connectivity index (χ2v) is 10.7. The lowest BCUT2D eigenvalue weighted by Gasteiger charge is -2.30. The summed E-state index contributed by atoms with van der Waals surface area (Å²) in [5.41, 5.74) is -4.39. The van der Waals surface area contributed by atoms with Crippen LogP contribution in [-0.4, -0.2) is 68.5 Å². The van der Waals surface area contributed by atoms with E-state index in [1.165, 1.54) is 26.0 Å². The molecule has 0 aliphatic carbocycles. The molecule has 0 spiro atoms. The molecule has 0 saturated carbocycles. The van der Waals surface area contributed by atoms with Crippen molar-refractivity contribution >= 4 is 13.7 Å². The van der Waals surface area contributed by atoms with Crippen LogP contribution in [0.4, 0.5) is 4.39 Å². The van der Waals surface area contributed by atoms with E-state index in [1.807, 2.05) is 4.98 Å². The zero-order valence-electron chi connectivity index (χ0n) is 21.1. The van der Waals surface area contributed by atoms with Gasteiger partial charge in [-0.25, -0.2) is 13.8 Å². The smallest absolute Gasteiger partial charge is 0.459 e. The maximum Gasteiger partial charge on any atom is 0.459 e. The number of benzene rings is 1. The zero-order chi connectivity index (χ0) is 28.3. The van der Waals surface area contributed by atoms with E-state index >= 15 is 0 Å². The number of halogens is 1. The number of aliphatic hydroxyl groups excluding tert-OH is 1. The Morgan fingerprint density at radius 3 is 2.47 bits per heavy atom. The average Bonchev–Trinajstić information content (AvgIpc) is 3.10. The van der Waals surface area contributed by atoms with Gasteiger partial charge in [-0.1, -0.05) is 18.2 Å². The van der Waals surface area contributed by atoms with Gasteiger partial charge in [0.1, 0.15) is 30.7 Å². The molecule has 4 N–H and O–H groups in total. The Morgan fingerprint density at radius 2 is 1.89 bits per heavy atom. The number of nitrogens with zero attached hydrogens (tertiary/aromatic N) is 1. The van der Waals surface area contributed by atoms with Crippen LogP contribution in [-0.2, 0) is 23.4 Å². The standard InChI is InChI=1S/C23H31FN3O10P/c1-13(2)34-20(30)14(3)26-38(33,37-16-8-6-5-7-9-16)36-15(4)18-19(29)23(32,12-24)21(35-18)27-11-10-17(28)25-22(27)31/h5-11,13-15,18-19,21,29,32H,12H2,1-4H3,(H,26,33)(H,25,28,31)/t14-,15+,18+,19?,21+,23+,38-/m0/s1. The van der Waals surface area contributed by atoms with Gasteiger partial charge in [0.15, 0.2) is 11.8 Å². The predicted octanol–water partition coefficient (Wildman–Crippen LogP) is 1.02. The fourth-order valence-electron chi connectivity index (χ4n) is 3.80. The summed E-state index contributed by atoms with van der Waals surface area (Å²) in [5.74, 6) is -0.625. The number of aliphatic hydroxyl groups is 2. The first-order valence-corrected chi connectivity index (χ1v) is 13.3. The molecular formula is C23H31FN3O10P. The third-order valence-electron chi connectivity index (χ3n) is 5.65. The molecule has 1 aliphatic heterocycles. The third kappa shape index (κ3) is 6.57. The van der Waals surface area contributed by atoms with E-state index in [0.717, 1.165) is 12.3 Å². The van der Waals surface area contributed by atoms with Crippen LogP contribution in [0.1, 0.15) is 33.9 Å². The molecule has 15 heteroatoms. The van der Waals surface area contributed by atoms with Gasteiger partial charge < -0.3 is 24.2 Å². The van der Waals surface area contributed by atoms with E-state index in [2.05, 4.69) is 5.09 Å². The number of aromatic amines is 1. The maximum atomic E-state index is 14.0. The molecule has 1 aromatic carbocycles. The van der Waals surface area contributed by atoms with E-state index in [9.17, 15) is 33.6 Å². The highest BCUT2D eigenvalue weighted by atomic mass is 31.2. The van der Waals surface area contributed by atoms with E-state index in [4.69, 9.17) is 18.5 Å². The second kappa shape index (κ2) is 11.9. The van der Waals surface area contributed by atoms with Crippen molar-refractivity contribution in [1.82, 2.24) is 14.6 Å². The normalized spacial score (nSPS) is 26.5. The summed E-state index contributed by atoms with van der Waals surface area (Å²) in [6, 6.07) is 7.67. The fraction of sp³-hybridized carbons (Fsp3) is 0.522. The number of carbonyl (C=O) groups excluding carboxylic acids is 1. The number of H-pyrrole nitrogens is 1. The third-order valence-corrected chi connectivity index (χ3v) is 7.41. The first-order valence-electron chi connectivity index (χ1n) is 11.7. The van der Waals surface area contributed by atoms with Gasteiger partial charge in [0, 0.05) is 12.3 Å². The van der Waals surface area contributed by atoms with Gasteiger partial charge in [-0.05, 0) is 39.8 Å². The molecule has 2 heterocycles. The summed E-state index contributed by atoms with van der Waals surface area (Å²) in [6.45, 7) is 4.42. The van der Waals surface area contributed by atoms with Crippen LogP contribution in [0.5, 0.6) is 5.75 Å². The molecule has 1 aromatic heterocycles. The number of carbonyl (C=O) groups is 1. The van der Waals surface area contributed by atoms with Crippen molar-refractivity contribution in [3.8, 4) is 5.75 Å². The molecule has 1 saturated heterocycles. The Hall–Kier alpha value is -2.87. The summed E-state index contributed by atoms with van der Waals surface area (Å²) in [6.07, 6.45) is -6.12. The van der Waals surface area contributed by atoms with Crippen molar-refractivity contribution in [2.24, 2.45) is 0 Å². The van der Waals surface area contributed by atoms with Crippen molar-refractivity contribution < 1.29 is 42.5 Å². The summed E-state index contributed by atoms with van der Waals surface area (Å²) in [4.78, 5) is 38.0. The minimum absolute atomic E-state index is 0.116. The van der Waals surface area contributed by atoms with Gasteiger partial charge >= 0.3 is 19.4 Å². The number of aromatic nitrogens is 2. The second-order valence-electron chi connectivity index (χ2n) is 9.09. The molecule has 0 amide bonds. The van der Waals surface area contributed by atoms with E-state index in [-0.39, 0.29) is 5.75 Å². The maximum absolute atomic E-state index is 14.0. The number of hydrogen-bond acceptors (Lipinski definition) is 10. The molecular weight excluding hydrogens is 528 g/mol. The predicted molar refractivity (Wildman–Crippen MR) is 131 cm³/mol. The van der Waals surface area contributed by atoms with Crippen molar-refractivity contribution in [2.45, 2.75) is 70.0 Å². The Balaban J connectivity index is 1.89.